The van der Waals surface area contributed by atoms with Crippen LogP contribution in [0.5, 0.6) is 0 Å². The summed E-state index contributed by atoms with van der Waals surface area (Å²) in [6, 6.07) is -6.24. The number of ether oxygens (including phenoxy) is 6. The molecule has 0 aromatic rings. The fraction of sp³-hybridized carbons (Fsp3) is 0.875. The second kappa shape index (κ2) is 22.0. The van der Waals surface area contributed by atoms with Crippen LogP contribution in [0.15, 0.2) is 0 Å². The van der Waals surface area contributed by atoms with Crippen LogP contribution in [0, 0.1) is 0 Å². The van der Waals surface area contributed by atoms with Crippen molar-refractivity contribution >= 4 is 23.6 Å². The highest BCUT2D eigenvalue weighted by Crippen LogP contribution is 2.33. The van der Waals surface area contributed by atoms with Gasteiger partial charge in [0.25, 0.3) is 0 Å². The molecule has 0 spiro atoms. The molecule has 19 atom stereocenters. The average Bonchev–Trinajstić information content (AvgIpc) is 3.15. The molecule has 0 aromatic heterocycles. The van der Waals surface area contributed by atoms with Gasteiger partial charge in [-0.1, -0.05) is 0 Å². The third-order valence-corrected chi connectivity index (χ3v) is 9.47. The molecule has 3 saturated heterocycles. The first kappa shape index (κ1) is 48.6. The van der Waals surface area contributed by atoms with E-state index in [1.54, 1.807) is 0 Å². The third kappa shape index (κ3) is 12.1. The first-order valence-electron chi connectivity index (χ1n) is 18.0. The molecule has 25 heteroatoms. The van der Waals surface area contributed by atoms with E-state index in [1.165, 1.54) is 0 Å². The minimum atomic E-state index is -1.95. The van der Waals surface area contributed by atoms with Crippen molar-refractivity contribution in [2.24, 2.45) is 0 Å². The van der Waals surface area contributed by atoms with Crippen molar-refractivity contribution in [2.45, 2.75) is 144 Å². The molecule has 0 radical (unpaired) electrons. The van der Waals surface area contributed by atoms with Gasteiger partial charge >= 0.3 is 0 Å². The van der Waals surface area contributed by atoms with Crippen molar-refractivity contribution < 1.29 is 104 Å². The molecule has 3 rings (SSSR count). The Morgan fingerprint density at radius 1 is 0.561 bits per heavy atom. The Bertz CT molecular complexity index is 1320. The first-order valence-corrected chi connectivity index (χ1v) is 18.0. The second-order valence-electron chi connectivity index (χ2n) is 13.8. The van der Waals surface area contributed by atoms with E-state index in [4.69, 9.17) is 28.4 Å². The average molecular weight is 833 g/mol. The molecule has 3 aliphatic rings. The van der Waals surface area contributed by atoms with E-state index >= 15 is 0 Å². The number of carbonyl (C=O) groups excluding carboxylic acids is 4. The zero-order valence-corrected chi connectivity index (χ0v) is 31.5. The molecule has 0 aromatic carbocycles. The summed E-state index contributed by atoms with van der Waals surface area (Å²) in [6.45, 7) is -0.324. The topological polar surface area (TPSA) is 394 Å². The summed E-state index contributed by atoms with van der Waals surface area (Å²) in [5.41, 5.74) is 0. The van der Waals surface area contributed by atoms with Crippen LogP contribution in [0.25, 0.3) is 0 Å². The van der Waals surface area contributed by atoms with Gasteiger partial charge in [0.1, 0.15) is 91.4 Å². The monoisotopic (exact) mass is 832 g/mol. The summed E-state index contributed by atoms with van der Waals surface area (Å²) in [7, 11) is 0. The van der Waals surface area contributed by atoms with Crippen molar-refractivity contribution in [1.82, 2.24) is 21.3 Å². The lowest BCUT2D eigenvalue weighted by atomic mass is 9.93. The van der Waals surface area contributed by atoms with E-state index in [0.717, 1.165) is 27.7 Å². The number of hydrogen-bond donors (Lipinski definition) is 15. The van der Waals surface area contributed by atoms with Gasteiger partial charge in [-0.3, -0.25) is 19.2 Å². The van der Waals surface area contributed by atoms with Crippen LogP contribution in [0.3, 0.4) is 0 Å². The van der Waals surface area contributed by atoms with Crippen LogP contribution < -0.4 is 21.3 Å². The van der Waals surface area contributed by atoms with Gasteiger partial charge in [0, 0.05) is 27.7 Å². The lowest BCUT2D eigenvalue weighted by Gasteiger charge is -2.50. The minimum absolute atomic E-state index is 0.689. The van der Waals surface area contributed by atoms with Crippen molar-refractivity contribution in [3.63, 3.8) is 0 Å². The number of rotatable bonds is 18. The van der Waals surface area contributed by atoms with E-state index in [-0.39, 0.29) is 0 Å². The molecule has 4 amide bonds. The van der Waals surface area contributed by atoms with E-state index in [9.17, 15) is 75.3 Å². The summed E-state index contributed by atoms with van der Waals surface area (Å²) in [5, 5.41) is 125. The largest absolute Gasteiger partial charge is 0.394 e. The maximum atomic E-state index is 12.4. The summed E-state index contributed by atoms with van der Waals surface area (Å²) >= 11 is 0. The fourth-order valence-corrected chi connectivity index (χ4v) is 6.76. The number of aliphatic hydroxyl groups excluding tert-OH is 11. The van der Waals surface area contributed by atoms with Gasteiger partial charge in [-0.05, 0) is 0 Å². The predicted molar refractivity (Wildman–Crippen MR) is 182 cm³/mol. The fourth-order valence-electron chi connectivity index (χ4n) is 6.76. The number of nitrogens with one attached hydrogen (secondary N) is 4. The van der Waals surface area contributed by atoms with Gasteiger partial charge in [-0.2, -0.15) is 0 Å². The molecular formula is C32H56N4O21. The molecule has 0 unspecified atom stereocenters. The Kier molecular flexibility index (Phi) is 18.7. The van der Waals surface area contributed by atoms with E-state index in [1.807, 2.05) is 0 Å². The first-order chi connectivity index (χ1) is 26.8. The maximum Gasteiger partial charge on any atom is 0.217 e. The summed E-state index contributed by atoms with van der Waals surface area (Å²) in [6.07, 6.45) is -26.4. The standard InChI is InChI=1S/C32H56N4O21/c1-10(42)33-14(5-37)22(47)27(15(46)6-38)55-31-20(35-12(3)44)25(50)29(17(8-40)53-31)57-32-21(36-13(4)45)26(51)28(18(9-41)54-32)56-30-19(34-11(2)43)24(49)23(48)16(7-39)52-30/h14-32,37-41,46-51H,5-9H2,1-4H3,(H,33,42)(H,34,43)(H,35,44)(H,36,45)/t14-,15+,16+,17+,18+,19+,20+,21+,22+,23+,24+,25+,26+,27+,28+,29+,30-,31-,32-/m0/s1. The molecular weight excluding hydrogens is 776 g/mol. The van der Waals surface area contributed by atoms with Crippen LogP contribution in [0.4, 0.5) is 0 Å². The van der Waals surface area contributed by atoms with Crippen molar-refractivity contribution in [3.8, 4) is 0 Å². The van der Waals surface area contributed by atoms with Gasteiger partial charge < -0.3 is 106 Å². The van der Waals surface area contributed by atoms with Gasteiger partial charge in [0.05, 0.1) is 39.1 Å². The van der Waals surface area contributed by atoms with Crippen LogP contribution in [0.1, 0.15) is 27.7 Å². The molecule has 15 N–H and O–H groups in total. The normalized spacial score (nSPS) is 37.9. The van der Waals surface area contributed by atoms with Crippen molar-refractivity contribution in [1.29, 1.82) is 0 Å². The Hall–Kier alpha value is -2.80. The third-order valence-electron chi connectivity index (χ3n) is 9.47. The van der Waals surface area contributed by atoms with Gasteiger partial charge in [-0.25, -0.2) is 0 Å². The Morgan fingerprint density at radius 2 is 0.965 bits per heavy atom. The minimum Gasteiger partial charge on any atom is -0.394 e. The van der Waals surface area contributed by atoms with Crippen molar-refractivity contribution in [3.05, 3.63) is 0 Å². The van der Waals surface area contributed by atoms with E-state index in [2.05, 4.69) is 21.3 Å². The van der Waals surface area contributed by atoms with E-state index in [0.29, 0.717) is 0 Å². The quantitative estimate of drug-likeness (QED) is 0.0609. The van der Waals surface area contributed by atoms with Crippen LogP contribution in [-0.4, -0.2) is 229 Å². The Balaban J connectivity index is 1.95. The van der Waals surface area contributed by atoms with E-state index < -0.39 is 173 Å². The predicted octanol–water partition coefficient (Wildman–Crippen LogP) is -9.54. The highest BCUT2D eigenvalue weighted by atomic mass is 16.8. The maximum absolute atomic E-state index is 12.4. The molecule has 0 saturated carbocycles. The molecule has 3 aliphatic heterocycles. The lowest BCUT2D eigenvalue weighted by Crippen LogP contribution is -2.71. The van der Waals surface area contributed by atoms with Crippen LogP contribution in [-0.2, 0) is 47.6 Å². The molecule has 57 heavy (non-hydrogen) atoms. The van der Waals surface area contributed by atoms with Crippen LogP contribution >= 0.6 is 0 Å². The number of amides is 4. The molecule has 3 fully saturated rings. The second-order valence-corrected chi connectivity index (χ2v) is 13.8. The summed E-state index contributed by atoms with van der Waals surface area (Å²) in [4.78, 5) is 48.3. The zero-order valence-electron chi connectivity index (χ0n) is 31.5. The van der Waals surface area contributed by atoms with Crippen LogP contribution in [0.2, 0.25) is 0 Å². The lowest BCUT2D eigenvalue weighted by molar-refractivity contribution is -0.357. The van der Waals surface area contributed by atoms with Crippen molar-refractivity contribution in [2.75, 3.05) is 33.0 Å². The highest BCUT2D eigenvalue weighted by Gasteiger charge is 2.55. The number of carbonyl (C=O) groups is 4. The Morgan fingerprint density at radius 3 is 1.35 bits per heavy atom. The number of aliphatic hydroxyl groups is 11. The summed E-state index contributed by atoms with van der Waals surface area (Å²) in [5.74, 6) is -2.93. The van der Waals surface area contributed by atoms with Gasteiger partial charge in [0.15, 0.2) is 18.9 Å². The molecule has 3 heterocycles. The summed E-state index contributed by atoms with van der Waals surface area (Å²) < 4.78 is 34.9. The molecule has 0 bridgehead atoms. The molecule has 25 nitrogen and oxygen atoms in total. The molecule has 0 aliphatic carbocycles. The zero-order chi connectivity index (χ0) is 42.9. The SMILES string of the molecule is CC(=O)N[C@H]1[C@H](O[C@@H]([C@H](O)[C@H](CO)NC(C)=O)[C@H](O)CO)O[C@H](CO)[C@@H](O[C@@H]2O[C@H](CO)[C@@H](O[C@@H]3O[C@H](CO)[C@@H](O)[C@H](O)[C@H]3NC(C)=O)[C@H](O)[C@H]2NC(C)=O)[C@@H]1O. The number of hydrogen-bond acceptors (Lipinski definition) is 21. The molecule has 330 valence electrons. The highest BCUT2D eigenvalue weighted by molar-refractivity contribution is 5.74. The smallest absolute Gasteiger partial charge is 0.217 e. The van der Waals surface area contributed by atoms with Gasteiger partial charge in [-0.15, -0.1) is 0 Å². The Labute approximate surface area is 325 Å². The van der Waals surface area contributed by atoms with Gasteiger partial charge in [0.2, 0.25) is 23.6 Å².